The first-order valence-electron chi connectivity index (χ1n) is 13.3. The summed E-state index contributed by atoms with van der Waals surface area (Å²) < 4.78 is 26.4. The van der Waals surface area contributed by atoms with Gasteiger partial charge in [-0.15, -0.1) is 0 Å². The normalized spacial score (nSPS) is 27.1. The van der Waals surface area contributed by atoms with E-state index in [0.717, 1.165) is 42.1 Å². The summed E-state index contributed by atoms with van der Waals surface area (Å²) in [5.74, 6) is 1.86. The van der Waals surface area contributed by atoms with Gasteiger partial charge in [0.15, 0.2) is 11.6 Å². The van der Waals surface area contributed by atoms with E-state index in [0.29, 0.717) is 0 Å². The maximum Gasteiger partial charge on any atom is 0.159 e. The topological polar surface area (TPSA) is 0 Å². The van der Waals surface area contributed by atoms with Crippen molar-refractivity contribution in [3.63, 3.8) is 0 Å². The molecule has 0 unspecified atom stereocenters. The highest BCUT2D eigenvalue weighted by Crippen LogP contribution is 2.35. The SMILES string of the molecule is CCCCCCC[C@H]1CC[C@H](/C=C/[C@H]2CC[C@H](CCc3ccc(F)c(F)c3)CC2)CC1. The molecule has 0 aromatic heterocycles. The highest BCUT2D eigenvalue weighted by atomic mass is 19.2. The lowest BCUT2D eigenvalue weighted by Crippen LogP contribution is -2.15. The Balaban J connectivity index is 1.27. The third-order valence-electron chi connectivity index (χ3n) is 7.98. The predicted molar refractivity (Wildman–Crippen MR) is 128 cm³/mol. The largest absolute Gasteiger partial charge is 0.204 e. The number of halogens is 2. The Labute approximate surface area is 189 Å². The van der Waals surface area contributed by atoms with Gasteiger partial charge >= 0.3 is 0 Å². The summed E-state index contributed by atoms with van der Waals surface area (Å²) in [7, 11) is 0. The lowest BCUT2D eigenvalue weighted by atomic mass is 9.77. The van der Waals surface area contributed by atoms with Crippen LogP contribution < -0.4 is 0 Å². The van der Waals surface area contributed by atoms with Crippen LogP contribution >= 0.6 is 0 Å². The maximum absolute atomic E-state index is 13.4. The molecule has 174 valence electrons. The molecular formula is C29H44F2. The van der Waals surface area contributed by atoms with E-state index in [2.05, 4.69) is 19.1 Å². The monoisotopic (exact) mass is 430 g/mol. The van der Waals surface area contributed by atoms with Crippen LogP contribution in [0.4, 0.5) is 8.78 Å². The van der Waals surface area contributed by atoms with Crippen molar-refractivity contribution in [3.05, 3.63) is 47.5 Å². The van der Waals surface area contributed by atoms with Crippen LogP contribution in [0.15, 0.2) is 30.4 Å². The fourth-order valence-corrected chi connectivity index (χ4v) is 5.76. The minimum atomic E-state index is -0.744. The van der Waals surface area contributed by atoms with Crippen molar-refractivity contribution in [3.8, 4) is 0 Å². The van der Waals surface area contributed by atoms with Crippen molar-refractivity contribution < 1.29 is 8.78 Å². The molecule has 0 nitrogen and oxygen atoms in total. The van der Waals surface area contributed by atoms with Gasteiger partial charge in [0.05, 0.1) is 0 Å². The van der Waals surface area contributed by atoms with E-state index in [9.17, 15) is 8.78 Å². The van der Waals surface area contributed by atoms with Crippen LogP contribution in [0.25, 0.3) is 0 Å². The van der Waals surface area contributed by atoms with E-state index in [1.54, 1.807) is 6.07 Å². The summed E-state index contributed by atoms with van der Waals surface area (Å²) in [4.78, 5) is 0. The van der Waals surface area contributed by atoms with Crippen molar-refractivity contribution in [2.24, 2.45) is 23.7 Å². The third-order valence-corrected chi connectivity index (χ3v) is 7.98. The smallest absolute Gasteiger partial charge is 0.159 e. The van der Waals surface area contributed by atoms with Crippen LogP contribution in [0.3, 0.4) is 0 Å². The minimum absolute atomic E-state index is 0.715. The lowest BCUT2D eigenvalue weighted by molar-refractivity contribution is 0.282. The molecule has 2 aliphatic carbocycles. The van der Waals surface area contributed by atoms with E-state index < -0.39 is 11.6 Å². The number of rotatable bonds is 11. The molecule has 0 atom stereocenters. The number of allylic oxidation sites excluding steroid dienone is 2. The molecule has 2 heteroatoms. The molecule has 1 aromatic rings. The predicted octanol–water partition coefficient (Wildman–Crippen LogP) is 9.43. The molecular weight excluding hydrogens is 386 g/mol. The van der Waals surface area contributed by atoms with Gasteiger partial charge in [-0.25, -0.2) is 8.78 Å². The van der Waals surface area contributed by atoms with Crippen LogP contribution in [0.1, 0.15) is 109 Å². The van der Waals surface area contributed by atoms with Gasteiger partial charge in [0.2, 0.25) is 0 Å². The van der Waals surface area contributed by atoms with Crippen molar-refractivity contribution in [2.75, 3.05) is 0 Å². The molecule has 0 heterocycles. The molecule has 0 amide bonds. The van der Waals surface area contributed by atoms with E-state index in [4.69, 9.17) is 0 Å². The summed E-state index contributed by atoms with van der Waals surface area (Å²) in [5, 5.41) is 0. The molecule has 3 rings (SSSR count). The quantitative estimate of drug-likeness (QED) is 0.242. The summed E-state index contributed by atoms with van der Waals surface area (Å²) in [6.07, 6.45) is 26.5. The first-order valence-corrected chi connectivity index (χ1v) is 13.3. The number of benzene rings is 1. The Kier molecular flexibility index (Phi) is 10.6. The van der Waals surface area contributed by atoms with Crippen molar-refractivity contribution in [1.82, 2.24) is 0 Å². The molecule has 2 fully saturated rings. The highest BCUT2D eigenvalue weighted by Gasteiger charge is 2.22. The van der Waals surface area contributed by atoms with Crippen LogP contribution in [-0.2, 0) is 6.42 Å². The number of hydrogen-bond acceptors (Lipinski definition) is 0. The average Bonchev–Trinajstić information content (AvgIpc) is 2.80. The zero-order chi connectivity index (χ0) is 21.9. The van der Waals surface area contributed by atoms with E-state index >= 15 is 0 Å². The van der Waals surface area contributed by atoms with E-state index in [-0.39, 0.29) is 0 Å². The molecule has 31 heavy (non-hydrogen) atoms. The third kappa shape index (κ3) is 8.70. The average molecular weight is 431 g/mol. The minimum Gasteiger partial charge on any atom is -0.204 e. The molecule has 0 N–H and O–H groups in total. The molecule has 0 radical (unpaired) electrons. The molecule has 0 bridgehead atoms. The number of hydrogen-bond donors (Lipinski definition) is 0. The second-order valence-corrected chi connectivity index (χ2v) is 10.4. The summed E-state index contributed by atoms with van der Waals surface area (Å²) in [5.41, 5.74) is 0.928. The molecule has 2 aliphatic rings. The summed E-state index contributed by atoms with van der Waals surface area (Å²) >= 11 is 0. The second-order valence-electron chi connectivity index (χ2n) is 10.4. The van der Waals surface area contributed by atoms with Crippen LogP contribution in [0.2, 0.25) is 0 Å². The lowest BCUT2D eigenvalue weighted by Gasteiger charge is -2.29. The van der Waals surface area contributed by atoms with Gasteiger partial charge in [-0.05, 0) is 106 Å². The Morgan fingerprint density at radius 2 is 1.29 bits per heavy atom. The Bertz CT molecular complexity index is 649. The Morgan fingerprint density at radius 3 is 1.87 bits per heavy atom. The first-order chi connectivity index (χ1) is 15.1. The van der Waals surface area contributed by atoms with Gasteiger partial charge in [0.25, 0.3) is 0 Å². The summed E-state index contributed by atoms with van der Waals surface area (Å²) in [6.45, 7) is 2.29. The Hall–Kier alpha value is -1.18. The van der Waals surface area contributed by atoms with Gasteiger partial charge in [0, 0.05) is 0 Å². The fourth-order valence-electron chi connectivity index (χ4n) is 5.76. The number of unbranched alkanes of at least 4 members (excludes halogenated alkanes) is 4. The molecule has 0 aliphatic heterocycles. The zero-order valence-corrected chi connectivity index (χ0v) is 19.8. The van der Waals surface area contributed by atoms with Gasteiger partial charge in [0.1, 0.15) is 0 Å². The standard InChI is InChI=1S/C29H44F2/c1-2-3-4-5-6-7-23-8-10-24(11-9-23)12-13-25-14-16-26(17-15-25)18-19-27-20-21-28(30)29(31)22-27/h12-13,20-26H,2-11,14-19H2,1H3/b13-12+/t23-,24-,25-,26-. The Morgan fingerprint density at radius 1 is 0.710 bits per heavy atom. The maximum atomic E-state index is 13.4. The van der Waals surface area contributed by atoms with Gasteiger partial charge in [-0.2, -0.15) is 0 Å². The fraction of sp³-hybridized carbons (Fsp3) is 0.724. The first kappa shape index (κ1) is 24.5. The van der Waals surface area contributed by atoms with E-state index in [1.165, 1.54) is 102 Å². The van der Waals surface area contributed by atoms with Crippen molar-refractivity contribution in [1.29, 1.82) is 0 Å². The van der Waals surface area contributed by atoms with Crippen LogP contribution in [0.5, 0.6) is 0 Å². The highest BCUT2D eigenvalue weighted by molar-refractivity contribution is 5.17. The molecule has 0 saturated heterocycles. The molecule has 1 aromatic carbocycles. The van der Waals surface area contributed by atoms with E-state index in [1.807, 2.05) is 0 Å². The van der Waals surface area contributed by atoms with Gasteiger partial charge < -0.3 is 0 Å². The zero-order valence-electron chi connectivity index (χ0n) is 19.8. The van der Waals surface area contributed by atoms with Crippen LogP contribution in [0, 0.1) is 35.3 Å². The van der Waals surface area contributed by atoms with Gasteiger partial charge in [-0.3, -0.25) is 0 Å². The number of aryl methyl sites for hydroxylation is 1. The molecule has 2 saturated carbocycles. The molecule has 0 spiro atoms. The van der Waals surface area contributed by atoms with Crippen molar-refractivity contribution >= 4 is 0 Å². The summed E-state index contributed by atoms with van der Waals surface area (Å²) in [6, 6.07) is 4.35. The van der Waals surface area contributed by atoms with Gasteiger partial charge in [-0.1, -0.05) is 63.7 Å². The van der Waals surface area contributed by atoms with Crippen LogP contribution in [-0.4, -0.2) is 0 Å². The van der Waals surface area contributed by atoms with Crippen molar-refractivity contribution in [2.45, 2.75) is 110 Å². The second kappa shape index (κ2) is 13.4.